The van der Waals surface area contributed by atoms with Crippen molar-refractivity contribution in [3.8, 4) is 5.75 Å². The number of non-ortho nitro benzene ring substituents is 1. The second-order valence-corrected chi connectivity index (χ2v) is 9.44. The van der Waals surface area contributed by atoms with Crippen LogP contribution in [0.2, 0.25) is 0 Å². The van der Waals surface area contributed by atoms with Crippen LogP contribution < -0.4 is 10.3 Å². The van der Waals surface area contributed by atoms with Crippen molar-refractivity contribution < 1.29 is 9.66 Å². The quantitative estimate of drug-likeness (QED) is 0.255. The highest BCUT2D eigenvalue weighted by molar-refractivity contribution is 9.10. The van der Waals surface area contributed by atoms with Crippen LogP contribution in [0.15, 0.2) is 50.8 Å². The van der Waals surface area contributed by atoms with E-state index in [1.807, 2.05) is 40.7 Å². The van der Waals surface area contributed by atoms with Crippen LogP contribution in [0.25, 0.3) is 10.9 Å². The van der Waals surface area contributed by atoms with E-state index in [2.05, 4.69) is 26.0 Å². The minimum absolute atomic E-state index is 0.0869. The van der Waals surface area contributed by atoms with Gasteiger partial charge in [0.15, 0.2) is 0 Å². The summed E-state index contributed by atoms with van der Waals surface area (Å²) >= 11 is 3.39. The van der Waals surface area contributed by atoms with Crippen LogP contribution in [0.3, 0.4) is 0 Å². The SMILES string of the molecule is CC[C@H](C)Oc1ccc([N+](=O)[O-])cc1C=Nn1c(C(C)(C)C)nc2ccc(Br)cc2c1=O. The number of fused-ring (bicyclic) bond motifs is 1. The molecule has 3 aromatic rings. The first kappa shape index (κ1) is 23.6. The normalized spacial score (nSPS) is 12.9. The predicted molar refractivity (Wildman–Crippen MR) is 129 cm³/mol. The number of halogens is 1. The zero-order chi connectivity index (χ0) is 23.6. The van der Waals surface area contributed by atoms with E-state index in [1.165, 1.54) is 23.0 Å². The van der Waals surface area contributed by atoms with Gasteiger partial charge in [-0.2, -0.15) is 9.78 Å². The van der Waals surface area contributed by atoms with Gasteiger partial charge in [-0.3, -0.25) is 14.9 Å². The summed E-state index contributed by atoms with van der Waals surface area (Å²) in [5.41, 5.74) is 0.0850. The van der Waals surface area contributed by atoms with E-state index in [0.717, 1.165) is 10.9 Å². The summed E-state index contributed by atoms with van der Waals surface area (Å²) < 4.78 is 7.91. The van der Waals surface area contributed by atoms with Crippen LogP contribution in [0, 0.1) is 10.1 Å². The Bertz CT molecular complexity index is 1260. The second kappa shape index (κ2) is 9.20. The summed E-state index contributed by atoms with van der Waals surface area (Å²) in [6.07, 6.45) is 2.09. The monoisotopic (exact) mass is 500 g/mol. The lowest BCUT2D eigenvalue weighted by atomic mass is 9.95. The Morgan fingerprint density at radius 3 is 2.62 bits per heavy atom. The van der Waals surface area contributed by atoms with Crippen molar-refractivity contribution >= 4 is 38.7 Å². The van der Waals surface area contributed by atoms with E-state index in [9.17, 15) is 14.9 Å². The van der Waals surface area contributed by atoms with Crippen LogP contribution in [0.4, 0.5) is 5.69 Å². The fourth-order valence-corrected chi connectivity index (χ4v) is 3.38. The molecule has 1 aromatic heterocycles. The van der Waals surface area contributed by atoms with Crippen LogP contribution in [0.5, 0.6) is 5.75 Å². The molecule has 0 saturated carbocycles. The molecule has 0 bridgehead atoms. The lowest BCUT2D eigenvalue weighted by molar-refractivity contribution is -0.384. The predicted octanol–water partition coefficient (Wildman–Crippen LogP) is 5.42. The third-order valence-corrected chi connectivity index (χ3v) is 5.39. The maximum Gasteiger partial charge on any atom is 0.282 e. The number of aromatic nitrogens is 2. The fraction of sp³-hybridized carbons (Fsp3) is 0.348. The number of nitro groups is 1. The smallest absolute Gasteiger partial charge is 0.282 e. The van der Waals surface area contributed by atoms with Gasteiger partial charge in [0.2, 0.25) is 0 Å². The number of hydrogen-bond acceptors (Lipinski definition) is 6. The van der Waals surface area contributed by atoms with Gasteiger partial charge in [-0.1, -0.05) is 43.6 Å². The third-order valence-electron chi connectivity index (χ3n) is 4.90. The van der Waals surface area contributed by atoms with Crippen LogP contribution in [-0.4, -0.2) is 26.9 Å². The molecule has 0 N–H and O–H groups in total. The molecule has 32 heavy (non-hydrogen) atoms. The summed E-state index contributed by atoms with van der Waals surface area (Å²) in [5, 5.41) is 16.1. The van der Waals surface area contributed by atoms with E-state index in [1.54, 1.807) is 18.2 Å². The average molecular weight is 501 g/mol. The summed E-state index contributed by atoms with van der Waals surface area (Å²) in [6.45, 7) is 9.72. The molecule has 1 heterocycles. The Balaban J connectivity index is 2.21. The lowest BCUT2D eigenvalue weighted by Gasteiger charge is -2.21. The molecule has 8 nitrogen and oxygen atoms in total. The number of benzene rings is 2. The van der Waals surface area contributed by atoms with Gasteiger partial charge in [0.25, 0.3) is 11.2 Å². The molecule has 0 aliphatic carbocycles. The molecule has 9 heteroatoms. The molecule has 0 spiro atoms. The van der Waals surface area contributed by atoms with Crippen molar-refractivity contribution in [1.29, 1.82) is 0 Å². The largest absolute Gasteiger partial charge is 0.490 e. The molecule has 0 unspecified atom stereocenters. The Labute approximate surface area is 194 Å². The van der Waals surface area contributed by atoms with Crippen molar-refractivity contribution in [3.63, 3.8) is 0 Å². The Morgan fingerprint density at radius 1 is 1.28 bits per heavy atom. The standard InChI is InChI=1S/C23H25BrN4O4/c1-6-14(2)32-20-10-8-17(28(30)31)11-15(20)13-25-27-21(29)18-12-16(24)7-9-19(18)26-22(27)23(3,4)5/h7-14H,6H2,1-5H3/t14-/m0/s1. The summed E-state index contributed by atoms with van der Waals surface area (Å²) in [4.78, 5) is 28.8. The Morgan fingerprint density at radius 2 is 2.00 bits per heavy atom. The number of nitrogens with zero attached hydrogens (tertiary/aromatic N) is 4. The maximum atomic E-state index is 13.3. The van der Waals surface area contributed by atoms with Gasteiger partial charge in [-0.15, -0.1) is 0 Å². The summed E-state index contributed by atoms with van der Waals surface area (Å²) in [6, 6.07) is 9.63. The Kier molecular flexibility index (Phi) is 6.78. The molecule has 0 aliphatic rings. The third kappa shape index (κ3) is 5.04. The Hall–Kier alpha value is -3.07. The van der Waals surface area contributed by atoms with Gasteiger partial charge in [-0.05, 0) is 37.6 Å². The minimum atomic E-state index is -0.480. The fourth-order valence-electron chi connectivity index (χ4n) is 3.02. The second-order valence-electron chi connectivity index (χ2n) is 8.52. The van der Waals surface area contributed by atoms with E-state index >= 15 is 0 Å². The molecule has 2 aromatic carbocycles. The molecule has 168 valence electrons. The molecule has 0 amide bonds. The average Bonchev–Trinajstić information content (AvgIpc) is 2.73. The number of nitro benzene ring substituents is 1. The first-order valence-corrected chi connectivity index (χ1v) is 11.0. The first-order chi connectivity index (χ1) is 15.0. The van der Waals surface area contributed by atoms with Crippen molar-refractivity contribution in [2.45, 2.75) is 52.6 Å². The van der Waals surface area contributed by atoms with Gasteiger partial charge >= 0.3 is 0 Å². The van der Waals surface area contributed by atoms with Gasteiger partial charge < -0.3 is 4.74 Å². The zero-order valence-electron chi connectivity index (χ0n) is 18.6. The topological polar surface area (TPSA) is 99.6 Å². The van der Waals surface area contributed by atoms with Crippen LogP contribution >= 0.6 is 15.9 Å². The zero-order valence-corrected chi connectivity index (χ0v) is 20.2. The number of rotatable bonds is 6. The van der Waals surface area contributed by atoms with Gasteiger partial charge in [0, 0.05) is 27.6 Å². The maximum absolute atomic E-state index is 13.3. The molecule has 0 aliphatic heterocycles. The van der Waals surface area contributed by atoms with Crippen LogP contribution in [-0.2, 0) is 5.41 Å². The molecule has 0 saturated heterocycles. The van der Waals surface area contributed by atoms with Gasteiger partial charge in [0.05, 0.1) is 28.1 Å². The van der Waals surface area contributed by atoms with Gasteiger partial charge in [0.1, 0.15) is 11.6 Å². The van der Waals surface area contributed by atoms with E-state index in [4.69, 9.17) is 4.74 Å². The highest BCUT2D eigenvalue weighted by atomic mass is 79.9. The number of hydrogen-bond donors (Lipinski definition) is 0. The molecule has 3 rings (SSSR count). The van der Waals surface area contributed by atoms with Gasteiger partial charge in [-0.25, -0.2) is 4.98 Å². The van der Waals surface area contributed by atoms with Crippen molar-refractivity contribution in [3.05, 3.63) is 72.7 Å². The number of ether oxygens (including phenoxy) is 1. The van der Waals surface area contributed by atoms with Crippen molar-refractivity contribution in [1.82, 2.24) is 9.66 Å². The summed E-state index contributed by atoms with van der Waals surface area (Å²) in [5.74, 6) is 0.930. The van der Waals surface area contributed by atoms with Crippen molar-refractivity contribution in [2.24, 2.45) is 5.10 Å². The van der Waals surface area contributed by atoms with E-state index < -0.39 is 10.3 Å². The van der Waals surface area contributed by atoms with Crippen molar-refractivity contribution in [2.75, 3.05) is 0 Å². The highest BCUT2D eigenvalue weighted by Gasteiger charge is 2.23. The highest BCUT2D eigenvalue weighted by Crippen LogP contribution is 2.26. The first-order valence-electron chi connectivity index (χ1n) is 10.2. The molecule has 0 radical (unpaired) electrons. The van der Waals surface area contributed by atoms with E-state index in [-0.39, 0.29) is 17.4 Å². The van der Waals surface area contributed by atoms with E-state index in [0.29, 0.717) is 28.0 Å². The molecule has 0 fully saturated rings. The van der Waals surface area contributed by atoms with Crippen LogP contribution in [0.1, 0.15) is 52.4 Å². The molecule has 1 atom stereocenters. The molecular weight excluding hydrogens is 476 g/mol. The summed E-state index contributed by atoms with van der Waals surface area (Å²) in [7, 11) is 0. The minimum Gasteiger partial charge on any atom is -0.490 e. The molecular formula is C23H25BrN4O4. The lowest BCUT2D eigenvalue weighted by Crippen LogP contribution is -2.29.